The lowest BCUT2D eigenvalue weighted by molar-refractivity contribution is -0.145. The summed E-state index contributed by atoms with van der Waals surface area (Å²) in [5.74, 6) is -0.509. The fourth-order valence-corrected chi connectivity index (χ4v) is 1.74. The lowest BCUT2D eigenvalue weighted by Gasteiger charge is -2.32. The maximum absolute atomic E-state index is 11.5. The van der Waals surface area contributed by atoms with Crippen LogP contribution < -0.4 is 0 Å². The first-order valence-corrected chi connectivity index (χ1v) is 6.06. The largest absolute Gasteiger partial charge is 0.469 e. The van der Waals surface area contributed by atoms with Gasteiger partial charge in [0.15, 0.2) is 0 Å². The highest BCUT2D eigenvalue weighted by Gasteiger charge is 2.54. The number of ether oxygens (including phenoxy) is 1. The number of methoxy groups -OCH3 is 1. The molecule has 98 valence electrons. The third-order valence-electron chi connectivity index (χ3n) is 4.06. The zero-order valence-corrected chi connectivity index (χ0v) is 11.9. The molecule has 0 bridgehead atoms. The first-order chi connectivity index (χ1) is 7.62. The van der Waals surface area contributed by atoms with Crippen molar-refractivity contribution in [2.45, 2.75) is 58.6 Å². The van der Waals surface area contributed by atoms with Crippen molar-refractivity contribution in [2.24, 2.45) is 5.92 Å². The molecule has 0 amide bonds. The standard InChI is InChI=1S/C12H23BO4/c1-8(10(14)15-7)9(2)13-16-11(3,4)12(5,6)17-13/h8-9H,1-7H3/t8-,9-/m1/s1. The molecule has 0 spiro atoms. The normalized spacial score (nSPS) is 25.5. The van der Waals surface area contributed by atoms with Crippen molar-refractivity contribution in [1.29, 1.82) is 0 Å². The molecular formula is C12H23BO4. The highest BCUT2D eigenvalue weighted by Crippen LogP contribution is 2.41. The minimum atomic E-state index is -0.367. The Labute approximate surface area is 104 Å². The zero-order chi connectivity index (χ0) is 13.4. The van der Waals surface area contributed by atoms with Crippen LogP contribution in [0.1, 0.15) is 41.5 Å². The molecule has 4 nitrogen and oxygen atoms in total. The number of hydrogen-bond donors (Lipinski definition) is 0. The van der Waals surface area contributed by atoms with E-state index in [1.165, 1.54) is 7.11 Å². The van der Waals surface area contributed by atoms with Gasteiger partial charge < -0.3 is 14.0 Å². The molecular weight excluding hydrogens is 219 g/mol. The van der Waals surface area contributed by atoms with Crippen LogP contribution in [0.25, 0.3) is 0 Å². The summed E-state index contributed by atoms with van der Waals surface area (Å²) in [6.45, 7) is 11.8. The molecule has 0 aromatic rings. The predicted molar refractivity (Wildman–Crippen MR) is 66.7 cm³/mol. The number of carbonyl (C=O) groups is 1. The number of carbonyl (C=O) groups excluding carboxylic acids is 1. The Morgan fingerprint density at radius 1 is 1.12 bits per heavy atom. The van der Waals surface area contributed by atoms with E-state index in [9.17, 15) is 4.79 Å². The van der Waals surface area contributed by atoms with Crippen molar-refractivity contribution in [3.63, 3.8) is 0 Å². The summed E-state index contributed by atoms with van der Waals surface area (Å²) in [7, 11) is 1.03. The van der Waals surface area contributed by atoms with Crippen LogP contribution in [0.5, 0.6) is 0 Å². The molecule has 1 aliphatic heterocycles. The molecule has 0 saturated carbocycles. The first-order valence-electron chi connectivity index (χ1n) is 6.06. The average Bonchev–Trinajstić information content (AvgIpc) is 2.45. The van der Waals surface area contributed by atoms with Gasteiger partial charge in [-0.2, -0.15) is 0 Å². The lowest BCUT2D eigenvalue weighted by atomic mass is 9.66. The van der Waals surface area contributed by atoms with Gasteiger partial charge in [-0.3, -0.25) is 4.79 Å². The van der Waals surface area contributed by atoms with Gasteiger partial charge in [-0.25, -0.2) is 0 Å². The Morgan fingerprint density at radius 3 is 1.88 bits per heavy atom. The van der Waals surface area contributed by atoms with E-state index < -0.39 is 0 Å². The van der Waals surface area contributed by atoms with Gasteiger partial charge in [0, 0.05) is 5.82 Å². The van der Waals surface area contributed by atoms with Gasteiger partial charge in [0.25, 0.3) is 0 Å². The van der Waals surface area contributed by atoms with E-state index in [0.29, 0.717) is 0 Å². The molecule has 2 atom stereocenters. The third-order valence-corrected chi connectivity index (χ3v) is 4.06. The van der Waals surface area contributed by atoms with Gasteiger partial charge in [-0.05, 0) is 27.7 Å². The van der Waals surface area contributed by atoms with Crippen molar-refractivity contribution < 1.29 is 18.8 Å². The fourth-order valence-electron chi connectivity index (χ4n) is 1.74. The van der Waals surface area contributed by atoms with Gasteiger partial charge in [-0.1, -0.05) is 13.8 Å². The van der Waals surface area contributed by atoms with Crippen LogP contribution in [0, 0.1) is 5.92 Å². The SMILES string of the molecule is COC(=O)[C@H](C)[C@@H](C)B1OC(C)(C)C(C)(C)O1. The Balaban J connectivity index is 2.74. The van der Waals surface area contributed by atoms with Crippen LogP contribution >= 0.6 is 0 Å². The van der Waals surface area contributed by atoms with Gasteiger partial charge >= 0.3 is 13.1 Å². The quantitative estimate of drug-likeness (QED) is 0.562. The maximum atomic E-state index is 11.5. The Morgan fingerprint density at radius 2 is 1.53 bits per heavy atom. The van der Waals surface area contributed by atoms with Crippen LogP contribution in [-0.4, -0.2) is 31.4 Å². The van der Waals surface area contributed by atoms with Crippen molar-refractivity contribution in [2.75, 3.05) is 7.11 Å². The molecule has 1 rings (SSSR count). The minimum absolute atomic E-state index is 0.0384. The number of esters is 1. The highest BCUT2D eigenvalue weighted by atomic mass is 16.7. The van der Waals surface area contributed by atoms with Gasteiger partial charge in [0.2, 0.25) is 0 Å². The van der Waals surface area contributed by atoms with Crippen LogP contribution in [0.15, 0.2) is 0 Å². The first kappa shape index (κ1) is 14.5. The predicted octanol–water partition coefficient (Wildman–Crippen LogP) is 2.28. The van der Waals surface area contributed by atoms with E-state index in [-0.39, 0.29) is 36.0 Å². The van der Waals surface area contributed by atoms with Gasteiger partial charge in [-0.15, -0.1) is 0 Å². The topological polar surface area (TPSA) is 44.8 Å². The van der Waals surface area contributed by atoms with Crippen LogP contribution in [0.2, 0.25) is 5.82 Å². The van der Waals surface area contributed by atoms with E-state index >= 15 is 0 Å². The minimum Gasteiger partial charge on any atom is -0.469 e. The van der Waals surface area contributed by atoms with E-state index in [4.69, 9.17) is 14.0 Å². The molecule has 1 heterocycles. The lowest BCUT2D eigenvalue weighted by Crippen LogP contribution is -2.41. The summed E-state index contributed by atoms with van der Waals surface area (Å²) in [5.41, 5.74) is -0.719. The molecule has 0 aromatic heterocycles. The van der Waals surface area contributed by atoms with Crippen molar-refractivity contribution in [3.8, 4) is 0 Å². The summed E-state index contributed by atoms with van der Waals surface area (Å²) >= 11 is 0. The smallest absolute Gasteiger partial charge is 0.461 e. The van der Waals surface area contributed by atoms with E-state index in [1.807, 2.05) is 41.5 Å². The molecule has 0 aliphatic carbocycles. The summed E-state index contributed by atoms with van der Waals surface area (Å²) in [5, 5.41) is 0. The van der Waals surface area contributed by atoms with Crippen molar-refractivity contribution in [3.05, 3.63) is 0 Å². The van der Waals surface area contributed by atoms with Gasteiger partial charge in [0.1, 0.15) is 0 Å². The van der Waals surface area contributed by atoms with E-state index in [0.717, 1.165) is 0 Å². The molecule has 1 aliphatic rings. The second-order valence-electron chi connectivity index (χ2n) is 5.80. The fraction of sp³-hybridized carbons (Fsp3) is 0.917. The Kier molecular flexibility index (Phi) is 3.94. The van der Waals surface area contributed by atoms with Crippen LogP contribution in [0.3, 0.4) is 0 Å². The molecule has 1 saturated heterocycles. The summed E-state index contributed by atoms with van der Waals surface area (Å²) in [6, 6.07) is 0. The zero-order valence-electron chi connectivity index (χ0n) is 11.9. The maximum Gasteiger partial charge on any atom is 0.461 e. The third kappa shape index (κ3) is 2.66. The second kappa shape index (κ2) is 4.61. The summed E-state index contributed by atoms with van der Waals surface area (Å²) in [6.07, 6.45) is 0. The molecule has 0 radical (unpaired) electrons. The number of hydrogen-bond acceptors (Lipinski definition) is 4. The Bertz CT molecular complexity index is 285. The molecule has 1 fully saturated rings. The molecule has 0 aromatic carbocycles. The summed E-state index contributed by atoms with van der Waals surface area (Å²) < 4.78 is 16.6. The molecule has 0 unspecified atom stereocenters. The highest BCUT2D eigenvalue weighted by molar-refractivity contribution is 6.47. The monoisotopic (exact) mass is 242 g/mol. The molecule has 0 N–H and O–H groups in total. The molecule has 5 heteroatoms. The Hall–Kier alpha value is -0.545. The summed E-state index contributed by atoms with van der Waals surface area (Å²) in [4.78, 5) is 11.5. The number of rotatable bonds is 3. The van der Waals surface area contributed by atoms with Crippen LogP contribution in [0.4, 0.5) is 0 Å². The van der Waals surface area contributed by atoms with Gasteiger partial charge in [0.05, 0.1) is 24.2 Å². The van der Waals surface area contributed by atoms with E-state index in [2.05, 4.69) is 0 Å². The van der Waals surface area contributed by atoms with Crippen molar-refractivity contribution >= 4 is 13.1 Å². The van der Waals surface area contributed by atoms with Crippen LogP contribution in [-0.2, 0) is 18.8 Å². The van der Waals surface area contributed by atoms with E-state index in [1.54, 1.807) is 0 Å². The second-order valence-corrected chi connectivity index (χ2v) is 5.80. The van der Waals surface area contributed by atoms with Crippen molar-refractivity contribution in [1.82, 2.24) is 0 Å². The average molecular weight is 242 g/mol. The molecule has 17 heavy (non-hydrogen) atoms.